The lowest BCUT2D eigenvalue weighted by atomic mass is 10.1. The van der Waals surface area contributed by atoms with Crippen LogP contribution < -0.4 is 10.6 Å². The lowest BCUT2D eigenvalue weighted by Gasteiger charge is -2.11. The molecule has 0 aliphatic heterocycles. The van der Waals surface area contributed by atoms with Crippen molar-refractivity contribution in [2.24, 2.45) is 0 Å². The molecule has 0 saturated heterocycles. The van der Waals surface area contributed by atoms with E-state index in [9.17, 15) is 27.6 Å². The average Bonchev–Trinajstić information content (AvgIpc) is 3.21. The third-order valence-electron chi connectivity index (χ3n) is 4.64. The molecule has 10 heteroatoms. The van der Waals surface area contributed by atoms with E-state index in [1.807, 2.05) is 0 Å². The summed E-state index contributed by atoms with van der Waals surface area (Å²) in [5, 5.41) is 14.2. The van der Waals surface area contributed by atoms with Gasteiger partial charge in [0.1, 0.15) is 5.00 Å². The fourth-order valence-corrected chi connectivity index (χ4v) is 4.59. The lowest BCUT2D eigenvalue weighted by Crippen LogP contribution is -2.18. The van der Waals surface area contributed by atoms with Crippen molar-refractivity contribution in [3.8, 4) is 0 Å². The fourth-order valence-electron chi connectivity index (χ4n) is 3.29. The number of hydrogen-bond donors (Lipinski definition) is 3. The van der Waals surface area contributed by atoms with Crippen LogP contribution in [0.2, 0.25) is 0 Å². The monoisotopic (exact) mass is 440 g/mol. The summed E-state index contributed by atoms with van der Waals surface area (Å²) in [7, 11) is 0. The number of rotatable bonds is 7. The molecule has 1 aliphatic carbocycles. The second kappa shape index (κ2) is 8.86. The molecule has 0 bridgehead atoms. The number of carbonyl (C=O) groups excluding carboxylic acids is 2. The van der Waals surface area contributed by atoms with Crippen molar-refractivity contribution in [1.29, 1.82) is 0 Å². The highest BCUT2D eigenvalue weighted by Gasteiger charge is 2.31. The summed E-state index contributed by atoms with van der Waals surface area (Å²) in [6, 6.07) is 4.35. The minimum absolute atomic E-state index is 0.00602. The smallest absolute Gasteiger partial charge is 0.416 e. The van der Waals surface area contributed by atoms with Crippen LogP contribution in [0.15, 0.2) is 24.3 Å². The summed E-state index contributed by atoms with van der Waals surface area (Å²) in [5.41, 5.74) is 0.191. The predicted molar refractivity (Wildman–Crippen MR) is 106 cm³/mol. The van der Waals surface area contributed by atoms with Gasteiger partial charge in [0.25, 0.3) is 5.91 Å². The third-order valence-corrected chi connectivity index (χ3v) is 5.85. The van der Waals surface area contributed by atoms with E-state index in [1.54, 1.807) is 0 Å². The number of benzene rings is 1. The van der Waals surface area contributed by atoms with E-state index in [-0.39, 0.29) is 30.5 Å². The molecule has 0 fully saturated rings. The number of carbonyl (C=O) groups is 3. The van der Waals surface area contributed by atoms with Gasteiger partial charge in [0, 0.05) is 23.4 Å². The van der Waals surface area contributed by atoms with E-state index in [2.05, 4.69) is 10.6 Å². The van der Waals surface area contributed by atoms with Crippen LogP contribution in [0, 0.1) is 0 Å². The molecule has 3 N–H and O–H groups in total. The number of hydrogen-bond acceptors (Lipinski definition) is 4. The molecule has 3 rings (SSSR count). The summed E-state index contributed by atoms with van der Waals surface area (Å²) < 4.78 is 38.8. The van der Waals surface area contributed by atoms with Gasteiger partial charge in [-0.25, -0.2) is 0 Å². The second-order valence-electron chi connectivity index (χ2n) is 6.89. The van der Waals surface area contributed by atoms with Crippen LogP contribution >= 0.6 is 11.3 Å². The third kappa shape index (κ3) is 5.18. The van der Waals surface area contributed by atoms with E-state index in [0.717, 1.165) is 35.4 Å². The molecule has 1 aromatic carbocycles. The van der Waals surface area contributed by atoms with Gasteiger partial charge in [0.05, 0.1) is 11.1 Å². The van der Waals surface area contributed by atoms with Gasteiger partial charge in [-0.15, -0.1) is 11.3 Å². The second-order valence-corrected chi connectivity index (χ2v) is 7.99. The summed E-state index contributed by atoms with van der Waals surface area (Å²) in [5.74, 6) is -2.00. The van der Waals surface area contributed by atoms with Gasteiger partial charge in [-0.05, 0) is 49.4 Å². The highest BCUT2D eigenvalue weighted by atomic mass is 32.1. The van der Waals surface area contributed by atoms with Crippen molar-refractivity contribution >= 4 is 39.8 Å². The van der Waals surface area contributed by atoms with E-state index in [0.29, 0.717) is 11.4 Å². The van der Waals surface area contributed by atoms with Gasteiger partial charge in [0.2, 0.25) is 5.91 Å². The van der Waals surface area contributed by atoms with Crippen molar-refractivity contribution in [3.05, 3.63) is 45.8 Å². The zero-order valence-electron chi connectivity index (χ0n) is 15.8. The van der Waals surface area contributed by atoms with Crippen LogP contribution in [-0.4, -0.2) is 22.9 Å². The Morgan fingerprint density at radius 3 is 2.57 bits per heavy atom. The first kappa shape index (κ1) is 21.8. The van der Waals surface area contributed by atoms with Gasteiger partial charge in [-0.3, -0.25) is 14.4 Å². The number of carboxylic acids is 1. The largest absolute Gasteiger partial charge is 0.481 e. The van der Waals surface area contributed by atoms with Crippen LogP contribution in [0.3, 0.4) is 0 Å². The molecule has 1 aromatic heterocycles. The number of nitrogens with one attached hydrogen (secondary N) is 2. The Labute approximate surface area is 174 Å². The van der Waals surface area contributed by atoms with Crippen LogP contribution in [0.5, 0.6) is 0 Å². The Hall–Kier alpha value is -2.88. The Bertz CT molecular complexity index is 985. The first-order valence-electron chi connectivity index (χ1n) is 9.30. The number of amides is 2. The molecule has 0 atom stereocenters. The quantitative estimate of drug-likeness (QED) is 0.582. The van der Waals surface area contributed by atoms with Gasteiger partial charge < -0.3 is 15.7 Å². The molecular weight excluding hydrogens is 421 g/mol. The summed E-state index contributed by atoms with van der Waals surface area (Å²) in [4.78, 5) is 36.6. The zero-order valence-corrected chi connectivity index (χ0v) is 16.6. The molecule has 6 nitrogen and oxygen atoms in total. The maximum Gasteiger partial charge on any atom is 0.416 e. The maximum absolute atomic E-state index is 12.9. The molecule has 0 saturated carbocycles. The standard InChI is InChI=1S/C20H19F3N2O4S/c21-20(22,23)11-4-1-5-12(10-11)24-18(29)17-13-6-2-7-14(13)30-19(17)25-15(26)8-3-9-16(27)28/h1,4-5,10H,2-3,6-9H2,(H,24,29)(H,25,26)(H,27,28). The first-order chi connectivity index (χ1) is 14.1. The maximum atomic E-state index is 12.9. The van der Waals surface area contributed by atoms with E-state index < -0.39 is 29.5 Å². The number of carboxylic acid groups (broad SMARTS) is 1. The van der Waals surface area contributed by atoms with Crippen molar-refractivity contribution in [3.63, 3.8) is 0 Å². The van der Waals surface area contributed by atoms with Gasteiger partial charge >= 0.3 is 12.1 Å². The molecule has 0 spiro atoms. The van der Waals surface area contributed by atoms with Crippen LogP contribution in [-0.2, 0) is 28.6 Å². The molecular formula is C20H19F3N2O4S. The molecule has 0 unspecified atom stereocenters. The van der Waals surface area contributed by atoms with Crippen LogP contribution in [0.4, 0.5) is 23.9 Å². The van der Waals surface area contributed by atoms with E-state index in [4.69, 9.17) is 5.11 Å². The first-order valence-corrected chi connectivity index (χ1v) is 10.1. The van der Waals surface area contributed by atoms with Crippen molar-refractivity contribution in [2.45, 2.75) is 44.7 Å². The van der Waals surface area contributed by atoms with Crippen molar-refractivity contribution in [2.75, 3.05) is 10.6 Å². The minimum Gasteiger partial charge on any atom is -0.481 e. The number of alkyl halides is 3. The molecule has 160 valence electrons. The molecule has 0 radical (unpaired) electrons. The molecule has 2 amide bonds. The van der Waals surface area contributed by atoms with Crippen molar-refractivity contribution in [1.82, 2.24) is 0 Å². The Morgan fingerprint density at radius 2 is 1.87 bits per heavy atom. The van der Waals surface area contributed by atoms with E-state index >= 15 is 0 Å². The number of halogens is 3. The predicted octanol–water partition coefficient (Wildman–Crippen LogP) is 4.70. The lowest BCUT2D eigenvalue weighted by molar-refractivity contribution is -0.138. The normalized spacial score (nSPS) is 13.0. The zero-order chi connectivity index (χ0) is 21.9. The van der Waals surface area contributed by atoms with Gasteiger partial charge in [0.15, 0.2) is 0 Å². The van der Waals surface area contributed by atoms with Gasteiger partial charge in [-0.1, -0.05) is 6.07 Å². The Kier molecular flexibility index (Phi) is 6.45. The van der Waals surface area contributed by atoms with Crippen LogP contribution in [0.1, 0.15) is 52.0 Å². The molecule has 1 heterocycles. The topological polar surface area (TPSA) is 95.5 Å². The number of fused-ring (bicyclic) bond motifs is 1. The number of aryl methyl sites for hydroxylation is 1. The van der Waals surface area contributed by atoms with E-state index in [1.165, 1.54) is 23.5 Å². The number of anilines is 2. The molecule has 1 aliphatic rings. The summed E-state index contributed by atoms with van der Waals surface area (Å²) >= 11 is 1.27. The minimum atomic E-state index is -4.53. The summed E-state index contributed by atoms with van der Waals surface area (Å²) in [6.07, 6.45) is -2.25. The summed E-state index contributed by atoms with van der Waals surface area (Å²) in [6.45, 7) is 0. The average molecular weight is 440 g/mol. The number of aliphatic carboxylic acids is 1. The van der Waals surface area contributed by atoms with Crippen LogP contribution in [0.25, 0.3) is 0 Å². The molecule has 2 aromatic rings. The molecule has 30 heavy (non-hydrogen) atoms. The van der Waals surface area contributed by atoms with Crippen molar-refractivity contribution < 1.29 is 32.7 Å². The van der Waals surface area contributed by atoms with Gasteiger partial charge in [-0.2, -0.15) is 13.2 Å². The SMILES string of the molecule is O=C(O)CCCC(=O)Nc1sc2c(c1C(=O)Nc1cccc(C(F)(F)F)c1)CCC2. The number of thiophene rings is 1. The Morgan fingerprint density at radius 1 is 1.10 bits per heavy atom. The fraction of sp³-hybridized carbons (Fsp3) is 0.350. The highest BCUT2D eigenvalue weighted by molar-refractivity contribution is 7.17. The highest BCUT2D eigenvalue weighted by Crippen LogP contribution is 2.40. The Balaban J connectivity index is 1.79.